The molecule has 2 amide bonds. The minimum Gasteiger partial charge on any atom is -0.347 e. The van der Waals surface area contributed by atoms with Crippen molar-refractivity contribution in [1.82, 2.24) is 5.32 Å². The average molecular weight is 429 g/mol. The number of amides is 2. The van der Waals surface area contributed by atoms with Crippen molar-refractivity contribution in [3.05, 3.63) is 81.8 Å². The van der Waals surface area contributed by atoms with Gasteiger partial charge < -0.3 is 10.2 Å². The van der Waals surface area contributed by atoms with E-state index in [-0.39, 0.29) is 29.9 Å². The number of rotatable bonds is 5. The monoisotopic (exact) mass is 428 g/mol. The van der Waals surface area contributed by atoms with Crippen molar-refractivity contribution in [1.29, 1.82) is 0 Å². The van der Waals surface area contributed by atoms with E-state index in [2.05, 4.69) is 5.32 Å². The molecular formula is C21H17FN2O3S2. The molecule has 148 valence electrons. The zero-order chi connectivity index (χ0) is 20.4. The SMILES string of the molecule is O=C(NCc1cccs1)c1ccc2c(c1)N(Cc1ccc(F)cc1)C(=O)CS2=O. The number of anilines is 1. The summed E-state index contributed by atoms with van der Waals surface area (Å²) in [4.78, 5) is 28.2. The van der Waals surface area contributed by atoms with Crippen LogP contribution in [0.3, 0.4) is 0 Å². The first-order valence-electron chi connectivity index (χ1n) is 8.89. The van der Waals surface area contributed by atoms with Gasteiger partial charge in [-0.3, -0.25) is 13.8 Å². The van der Waals surface area contributed by atoms with E-state index in [1.165, 1.54) is 17.0 Å². The van der Waals surface area contributed by atoms with E-state index in [4.69, 9.17) is 0 Å². The number of hydrogen-bond acceptors (Lipinski definition) is 4. The summed E-state index contributed by atoms with van der Waals surface area (Å²) in [5.74, 6) is -1.04. The molecule has 8 heteroatoms. The third kappa shape index (κ3) is 4.28. The standard InChI is InChI=1S/C21H17FN2O3S2/c22-16-6-3-14(4-7-16)12-24-18-10-15(5-8-19(18)29(27)13-20(24)25)21(26)23-11-17-2-1-9-28-17/h1-10H,11-13H2,(H,23,26). The number of carbonyl (C=O) groups is 2. The summed E-state index contributed by atoms with van der Waals surface area (Å²) in [6, 6.07) is 14.6. The third-order valence-corrected chi connectivity index (χ3v) is 6.79. The van der Waals surface area contributed by atoms with Crippen LogP contribution in [0.25, 0.3) is 0 Å². The number of nitrogens with zero attached hydrogens (tertiary/aromatic N) is 1. The van der Waals surface area contributed by atoms with Gasteiger partial charge in [0, 0.05) is 10.4 Å². The smallest absolute Gasteiger partial charge is 0.251 e. The molecule has 1 N–H and O–H groups in total. The lowest BCUT2D eigenvalue weighted by molar-refractivity contribution is -0.116. The molecule has 2 aromatic carbocycles. The van der Waals surface area contributed by atoms with Crippen molar-refractivity contribution < 1.29 is 18.2 Å². The van der Waals surface area contributed by atoms with Gasteiger partial charge in [-0.2, -0.15) is 0 Å². The molecule has 5 nitrogen and oxygen atoms in total. The third-order valence-electron chi connectivity index (χ3n) is 4.57. The molecule has 0 radical (unpaired) electrons. The minimum absolute atomic E-state index is 0.113. The second-order valence-electron chi connectivity index (χ2n) is 6.54. The average Bonchev–Trinajstić information content (AvgIpc) is 3.24. The Morgan fingerprint density at radius 3 is 2.69 bits per heavy atom. The predicted molar refractivity (Wildman–Crippen MR) is 111 cm³/mol. The second-order valence-corrected chi connectivity index (χ2v) is 8.99. The van der Waals surface area contributed by atoms with Crippen LogP contribution in [0, 0.1) is 5.82 Å². The summed E-state index contributed by atoms with van der Waals surface area (Å²) < 4.78 is 25.6. The van der Waals surface area contributed by atoms with Crippen molar-refractivity contribution in [2.45, 2.75) is 18.0 Å². The number of nitrogens with one attached hydrogen (secondary N) is 1. The number of halogens is 1. The summed E-state index contributed by atoms with van der Waals surface area (Å²) in [6.45, 7) is 0.626. The van der Waals surface area contributed by atoms with Crippen molar-refractivity contribution in [2.75, 3.05) is 10.7 Å². The molecule has 4 rings (SSSR count). The summed E-state index contributed by atoms with van der Waals surface area (Å²) in [6.07, 6.45) is 0. The van der Waals surface area contributed by atoms with Crippen LogP contribution in [0.4, 0.5) is 10.1 Å². The Hall–Kier alpha value is -2.84. The van der Waals surface area contributed by atoms with Crippen LogP contribution in [0.5, 0.6) is 0 Å². The number of hydrogen-bond donors (Lipinski definition) is 1. The Kier molecular flexibility index (Phi) is 5.55. The number of benzene rings is 2. The van der Waals surface area contributed by atoms with Crippen molar-refractivity contribution in [3.8, 4) is 0 Å². The Labute approximate surface area is 173 Å². The van der Waals surface area contributed by atoms with Crippen molar-refractivity contribution >= 4 is 39.6 Å². The van der Waals surface area contributed by atoms with E-state index in [9.17, 15) is 18.2 Å². The Balaban J connectivity index is 1.61. The highest BCUT2D eigenvalue weighted by Gasteiger charge is 2.30. The van der Waals surface area contributed by atoms with Gasteiger partial charge in [-0.25, -0.2) is 4.39 Å². The van der Waals surface area contributed by atoms with Gasteiger partial charge in [0.2, 0.25) is 5.91 Å². The Bertz CT molecular complexity index is 1080. The number of carbonyl (C=O) groups excluding carboxylic acids is 2. The fourth-order valence-corrected chi connectivity index (χ4v) is 4.89. The normalized spacial score (nSPS) is 15.8. The summed E-state index contributed by atoms with van der Waals surface area (Å²) >= 11 is 1.55. The van der Waals surface area contributed by atoms with Gasteiger partial charge in [0.15, 0.2) is 0 Å². The molecule has 1 aliphatic rings. The van der Waals surface area contributed by atoms with Gasteiger partial charge in [0.05, 0.1) is 34.5 Å². The van der Waals surface area contributed by atoms with Crippen LogP contribution < -0.4 is 10.2 Å². The van der Waals surface area contributed by atoms with E-state index in [1.807, 2.05) is 17.5 Å². The molecule has 29 heavy (non-hydrogen) atoms. The van der Waals surface area contributed by atoms with Crippen LogP contribution >= 0.6 is 11.3 Å². The lowest BCUT2D eigenvalue weighted by Crippen LogP contribution is -2.38. The molecule has 0 saturated carbocycles. The van der Waals surface area contributed by atoms with Crippen LogP contribution in [0.2, 0.25) is 0 Å². The molecular weight excluding hydrogens is 411 g/mol. The first-order chi connectivity index (χ1) is 14.0. The van der Waals surface area contributed by atoms with E-state index in [0.29, 0.717) is 22.7 Å². The van der Waals surface area contributed by atoms with Crippen molar-refractivity contribution in [2.24, 2.45) is 0 Å². The second kappa shape index (κ2) is 8.26. The van der Waals surface area contributed by atoms with Gasteiger partial charge in [0.1, 0.15) is 11.6 Å². The molecule has 1 aromatic heterocycles. The molecule has 0 aliphatic carbocycles. The fourth-order valence-electron chi connectivity index (χ4n) is 3.09. The van der Waals surface area contributed by atoms with Gasteiger partial charge in [0.25, 0.3) is 5.91 Å². The molecule has 0 saturated heterocycles. The summed E-state index contributed by atoms with van der Waals surface area (Å²) in [5.41, 5.74) is 1.58. The fraction of sp³-hybridized carbons (Fsp3) is 0.143. The molecule has 0 bridgehead atoms. The molecule has 0 spiro atoms. The quantitative estimate of drug-likeness (QED) is 0.677. The van der Waals surface area contributed by atoms with Gasteiger partial charge in [-0.1, -0.05) is 18.2 Å². The first-order valence-corrected chi connectivity index (χ1v) is 11.1. The Morgan fingerprint density at radius 1 is 1.17 bits per heavy atom. The van der Waals surface area contributed by atoms with E-state index < -0.39 is 10.8 Å². The summed E-state index contributed by atoms with van der Waals surface area (Å²) in [7, 11) is -1.46. The molecule has 0 fully saturated rings. The highest BCUT2D eigenvalue weighted by Crippen LogP contribution is 2.31. The highest BCUT2D eigenvalue weighted by molar-refractivity contribution is 7.86. The van der Waals surface area contributed by atoms with Crippen LogP contribution in [-0.2, 0) is 28.7 Å². The molecule has 1 aliphatic heterocycles. The van der Waals surface area contributed by atoms with Gasteiger partial charge >= 0.3 is 0 Å². The summed E-state index contributed by atoms with van der Waals surface area (Å²) in [5, 5.41) is 4.79. The highest BCUT2D eigenvalue weighted by atomic mass is 32.2. The van der Waals surface area contributed by atoms with Crippen LogP contribution in [0.1, 0.15) is 20.8 Å². The number of thiophene rings is 1. The zero-order valence-electron chi connectivity index (χ0n) is 15.3. The molecule has 1 unspecified atom stereocenters. The first kappa shape index (κ1) is 19.5. The van der Waals surface area contributed by atoms with Gasteiger partial charge in [-0.15, -0.1) is 11.3 Å². The van der Waals surface area contributed by atoms with Crippen molar-refractivity contribution in [3.63, 3.8) is 0 Å². The van der Waals surface area contributed by atoms with Gasteiger partial charge in [-0.05, 0) is 47.3 Å². The maximum atomic E-state index is 13.2. The van der Waals surface area contributed by atoms with E-state index >= 15 is 0 Å². The lowest BCUT2D eigenvalue weighted by atomic mass is 10.1. The Morgan fingerprint density at radius 2 is 1.97 bits per heavy atom. The predicted octanol–water partition coefficient (Wildman–Crippen LogP) is 3.47. The molecule has 2 heterocycles. The molecule has 3 aromatic rings. The van der Waals surface area contributed by atoms with Crippen LogP contribution in [-0.4, -0.2) is 21.8 Å². The maximum Gasteiger partial charge on any atom is 0.251 e. The van der Waals surface area contributed by atoms with E-state index in [1.54, 1.807) is 41.7 Å². The maximum absolute atomic E-state index is 13.2. The molecule has 1 atom stereocenters. The lowest BCUT2D eigenvalue weighted by Gasteiger charge is -2.29. The van der Waals surface area contributed by atoms with E-state index in [0.717, 1.165) is 10.4 Å². The number of fused-ring (bicyclic) bond motifs is 1. The van der Waals surface area contributed by atoms with Crippen LogP contribution in [0.15, 0.2) is 64.9 Å². The topological polar surface area (TPSA) is 66.5 Å². The zero-order valence-corrected chi connectivity index (χ0v) is 16.9. The largest absolute Gasteiger partial charge is 0.347 e. The minimum atomic E-state index is -1.46.